The molecular weight excluding hydrogens is 459 g/mol. The number of fused-ring (bicyclic) bond motifs is 5. The van der Waals surface area contributed by atoms with E-state index in [0.29, 0.717) is 16.3 Å². The molecule has 32 heavy (non-hydrogen) atoms. The highest BCUT2D eigenvalue weighted by Crippen LogP contribution is 2.68. The van der Waals surface area contributed by atoms with E-state index in [9.17, 15) is 10.2 Å². The van der Waals surface area contributed by atoms with Crippen LogP contribution in [0, 0.1) is 34.5 Å². The van der Waals surface area contributed by atoms with Crippen molar-refractivity contribution < 1.29 is 14.6 Å². The Morgan fingerprint density at radius 2 is 1.62 bits per heavy atom. The molecule has 2 N–H and O–H groups in total. The van der Waals surface area contributed by atoms with E-state index in [0.717, 1.165) is 44.9 Å². The molecule has 0 radical (unpaired) electrons. The van der Waals surface area contributed by atoms with Crippen LogP contribution in [0.4, 0.5) is 0 Å². The number of halogens is 2. The Balaban J connectivity index is 1.60. The second-order valence-corrected chi connectivity index (χ2v) is 19.1. The van der Waals surface area contributed by atoms with Crippen LogP contribution in [0.5, 0.6) is 0 Å². The van der Waals surface area contributed by atoms with Gasteiger partial charge in [0.15, 0.2) is 8.32 Å². The van der Waals surface area contributed by atoms with Crippen LogP contribution >= 0.6 is 23.2 Å². The Bertz CT molecular complexity index is 774. The molecule has 0 spiro atoms. The maximum atomic E-state index is 11.5. The van der Waals surface area contributed by atoms with E-state index in [1.54, 1.807) is 0 Å². The van der Waals surface area contributed by atoms with Crippen molar-refractivity contribution in [2.45, 2.75) is 116 Å². The predicted octanol–water partition coefficient (Wildman–Crippen LogP) is 7.05. The molecule has 0 amide bonds. The molecule has 0 aromatic rings. The molecule has 0 aromatic carbocycles. The van der Waals surface area contributed by atoms with Crippen molar-refractivity contribution in [3.63, 3.8) is 0 Å². The highest BCUT2D eigenvalue weighted by molar-refractivity contribution is 6.74. The van der Waals surface area contributed by atoms with E-state index in [4.69, 9.17) is 27.6 Å². The number of hydrogen-bond acceptors (Lipinski definition) is 3. The van der Waals surface area contributed by atoms with Gasteiger partial charge in [-0.3, -0.25) is 0 Å². The lowest BCUT2D eigenvalue weighted by Gasteiger charge is -2.63. The fraction of sp³-hybridized carbons (Fsp3) is 0.923. The second kappa shape index (κ2) is 8.23. The first-order chi connectivity index (χ1) is 14.6. The molecule has 4 fully saturated rings. The highest BCUT2D eigenvalue weighted by atomic mass is 35.5. The van der Waals surface area contributed by atoms with E-state index < -0.39 is 20.5 Å². The minimum atomic E-state index is -1.87. The quantitative estimate of drug-likeness (QED) is 0.397. The van der Waals surface area contributed by atoms with Crippen molar-refractivity contribution in [1.82, 2.24) is 0 Å². The van der Waals surface area contributed by atoms with Gasteiger partial charge in [0, 0.05) is 6.10 Å². The van der Waals surface area contributed by atoms with Crippen LogP contribution in [0.15, 0.2) is 10.1 Å². The monoisotopic (exact) mass is 502 g/mol. The molecule has 184 valence electrons. The molecule has 4 unspecified atom stereocenters. The highest BCUT2D eigenvalue weighted by Gasteiger charge is 2.64. The van der Waals surface area contributed by atoms with Crippen molar-refractivity contribution >= 4 is 31.5 Å². The average molecular weight is 504 g/mol. The summed E-state index contributed by atoms with van der Waals surface area (Å²) in [6.07, 6.45) is 5.91. The molecule has 6 heteroatoms. The second-order valence-electron chi connectivity index (χ2n) is 13.4. The topological polar surface area (TPSA) is 49.7 Å². The Morgan fingerprint density at radius 1 is 0.969 bits per heavy atom. The van der Waals surface area contributed by atoms with Gasteiger partial charge < -0.3 is 14.6 Å². The number of aliphatic hydroxyl groups is 2. The summed E-state index contributed by atoms with van der Waals surface area (Å²) in [6.45, 7) is 16.2. The number of rotatable bonds is 2. The first-order valence-electron chi connectivity index (χ1n) is 12.7. The van der Waals surface area contributed by atoms with Crippen molar-refractivity contribution in [2.75, 3.05) is 0 Å². The Morgan fingerprint density at radius 3 is 2.22 bits per heavy atom. The van der Waals surface area contributed by atoms with Crippen LogP contribution in [-0.2, 0) is 4.43 Å². The van der Waals surface area contributed by atoms with Gasteiger partial charge in [0.25, 0.3) is 0 Å². The van der Waals surface area contributed by atoms with E-state index in [-0.39, 0.29) is 33.8 Å². The zero-order valence-corrected chi connectivity index (χ0v) is 23.6. The number of hydrogen-bond donors (Lipinski definition) is 2. The van der Waals surface area contributed by atoms with Gasteiger partial charge in [-0.2, -0.15) is 0 Å². The van der Waals surface area contributed by atoms with Crippen LogP contribution in [0.25, 0.3) is 0 Å². The lowest BCUT2D eigenvalue weighted by Crippen LogP contribution is -2.64. The molecule has 3 nitrogen and oxygen atoms in total. The normalized spacial score (nSPS) is 47.0. The summed E-state index contributed by atoms with van der Waals surface area (Å²) in [5.41, 5.74) is 1.17. The molecular formula is C26H44Cl2O3Si. The first kappa shape index (κ1) is 25.5. The van der Waals surface area contributed by atoms with Gasteiger partial charge in [0.05, 0.1) is 12.2 Å². The molecule has 0 aromatic heterocycles. The summed E-state index contributed by atoms with van der Waals surface area (Å²) >= 11 is 12.6. The Hall–Kier alpha value is 0.417. The van der Waals surface area contributed by atoms with Crippen LogP contribution in [0.3, 0.4) is 0 Å². The van der Waals surface area contributed by atoms with Crippen molar-refractivity contribution in [3.8, 4) is 0 Å². The number of allylic oxidation sites excluding steroid dienone is 1. The molecule has 9 atom stereocenters. The van der Waals surface area contributed by atoms with Crippen molar-refractivity contribution in [1.29, 1.82) is 0 Å². The number of aliphatic hydroxyl groups excluding tert-OH is 2. The van der Waals surface area contributed by atoms with E-state index >= 15 is 0 Å². The molecule has 4 rings (SSSR count). The Labute approximate surface area is 206 Å². The van der Waals surface area contributed by atoms with Crippen LogP contribution < -0.4 is 0 Å². The molecule has 4 aliphatic carbocycles. The maximum absolute atomic E-state index is 11.5. The predicted molar refractivity (Wildman–Crippen MR) is 135 cm³/mol. The largest absolute Gasteiger partial charge is 0.414 e. The van der Waals surface area contributed by atoms with Gasteiger partial charge in [-0.05, 0) is 103 Å². The standard InChI is InChI=1S/C26H44Cl2O3Si/c1-24(2,3)32(6,7)31-15-10-12-26(5)17-11-13-25(4)16(8-9-18(25)23(27)28)20(17)22(30)21(29)19(26)14-15/h15-17,19-22,29-30H,8-14H2,1-7H3/t15-,16?,17?,19?,20?,21+,22+,25-,26+/m0/s1. The first-order valence-corrected chi connectivity index (χ1v) is 16.4. The summed E-state index contributed by atoms with van der Waals surface area (Å²) in [6, 6.07) is 0. The smallest absolute Gasteiger partial charge is 0.192 e. The molecule has 0 bridgehead atoms. The zero-order valence-electron chi connectivity index (χ0n) is 21.0. The summed E-state index contributed by atoms with van der Waals surface area (Å²) in [7, 11) is -1.87. The summed E-state index contributed by atoms with van der Waals surface area (Å²) in [5, 5.41) is 23.1. The van der Waals surface area contributed by atoms with Gasteiger partial charge in [-0.15, -0.1) is 0 Å². The molecule has 4 saturated carbocycles. The van der Waals surface area contributed by atoms with Gasteiger partial charge in [-0.1, -0.05) is 57.8 Å². The fourth-order valence-electron chi connectivity index (χ4n) is 8.05. The maximum Gasteiger partial charge on any atom is 0.192 e. The third-order valence-corrected chi connectivity index (χ3v) is 16.0. The summed E-state index contributed by atoms with van der Waals surface area (Å²) in [5.74, 6) is 0.992. The van der Waals surface area contributed by atoms with Crippen LogP contribution in [0.1, 0.15) is 79.6 Å². The third kappa shape index (κ3) is 3.78. The van der Waals surface area contributed by atoms with E-state index in [1.807, 2.05) is 0 Å². The van der Waals surface area contributed by atoms with Gasteiger partial charge in [-0.25, -0.2) is 0 Å². The van der Waals surface area contributed by atoms with Gasteiger partial charge in [0.1, 0.15) is 4.49 Å². The summed E-state index contributed by atoms with van der Waals surface area (Å²) in [4.78, 5) is 0. The third-order valence-electron chi connectivity index (χ3n) is 11.0. The fourth-order valence-corrected chi connectivity index (χ4v) is 10.1. The van der Waals surface area contributed by atoms with Crippen molar-refractivity contribution in [2.24, 2.45) is 34.5 Å². The summed E-state index contributed by atoms with van der Waals surface area (Å²) < 4.78 is 7.22. The van der Waals surface area contributed by atoms with Crippen molar-refractivity contribution in [3.05, 3.63) is 10.1 Å². The van der Waals surface area contributed by atoms with E-state index in [2.05, 4.69) is 47.7 Å². The Kier molecular flexibility index (Phi) is 6.56. The SMILES string of the molecule is CC(C)(C)[Si](C)(C)O[C@H]1CC[C@]2(C)C3CC[C@]4(C)C(=C(Cl)Cl)CCC4C3[C@@H](O)[C@H](O)C2C1. The molecule has 4 aliphatic rings. The van der Waals surface area contributed by atoms with Gasteiger partial charge >= 0.3 is 0 Å². The zero-order chi connectivity index (χ0) is 23.9. The van der Waals surface area contributed by atoms with Gasteiger partial charge in [0.2, 0.25) is 0 Å². The van der Waals surface area contributed by atoms with Crippen LogP contribution in [0.2, 0.25) is 18.1 Å². The lowest BCUT2D eigenvalue weighted by molar-refractivity contribution is -0.217. The van der Waals surface area contributed by atoms with Crippen LogP contribution in [-0.4, -0.2) is 36.8 Å². The minimum absolute atomic E-state index is 0.0491. The molecule has 0 aliphatic heterocycles. The van der Waals surface area contributed by atoms with E-state index in [1.165, 1.54) is 5.57 Å². The lowest BCUT2D eigenvalue weighted by atomic mass is 9.43. The average Bonchev–Trinajstić information content (AvgIpc) is 3.03. The minimum Gasteiger partial charge on any atom is -0.414 e. The molecule has 0 heterocycles. The molecule has 0 saturated heterocycles.